The predicted octanol–water partition coefficient (Wildman–Crippen LogP) is 2.96. The van der Waals surface area contributed by atoms with E-state index in [0.717, 1.165) is 23.2 Å². The van der Waals surface area contributed by atoms with Crippen LogP contribution in [0.15, 0.2) is 18.2 Å². The third-order valence-electron chi connectivity index (χ3n) is 3.62. The molecule has 2 amide bonds. The van der Waals surface area contributed by atoms with Crippen LogP contribution in [0, 0.1) is 13.8 Å². The zero-order chi connectivity index (χ0) is 16.0. The summed E-state index contributed by atoms with van der Waals surface area (Å²) in [5, 5.41) is 2.92. The summed E-state index contributed by atoms with van der Waals surface area (Å²) < 4.78 is 0. The fourth-order valence-corrected chi connectivity index (χ4v) is 2.12. The maximum Gasteiger partial charge on any atom is 0.223 e. The van der Waals surface area contributed by atoms with Crippen molar-refractivity contribution in [2.75, 3.05) is 11.4 Å². The fraction of sp³-hybridized carbons (Fsp3) is 0.529. The lowest BCUT2D eigenvalue weighted by molar-refractivity contribution is -0.121. The molecule has 1 rings (SSSR count). The quantitative estimate of drug-likeness (QED) is 0.875. The normalized spacial score (nSPS) is 11.9. The Morgan fingerprint density at radius 3 is 2.52 bits per heavy atom. The molecule has 0 radical (unpaired) electrons. The number of carbonyl (C=O) groups excluding carboxylic acids is 2. The van der Waals surface area contributed by atoms with Gasteiger partial charge < -0.3 is 10.2 Å². The minimum absolute atomic E-state index is 0.0130. The van der Waals surface area contributed by atoms with E-state index in [0.29, 0.717) is 13.0 Å². The van der Waals surface area contributed by atoms with E-state index >= 15 is 0 Å². The molecular formula is C17H26N2O2. The van der Waals surface area contributed by atoms with E-state index in [1.165, 1.54) is 6.92 Å². The fourth-order valence-electron chi connectivity index (χ4n) is 2.12. The number of nitrogens with one attached hydrogen (secondary N) is 1. The van der Waals surface area contributed by atoms with Gasteiger partial charge in [-0.1, -0.05) is 19.1 Å². The Morgan fingerprint density at radius 2 is 1.95 bits per heavy atom. The van der Waals surface area contributed by atoms with Crippen LogP contribution in [0.2, 0.25) is 0 Å². The van der Waals surface area contributed by atoms with Gasteiger partial charge in [0.25, 0.3) is 0 Å². The summed E-state index contributed by atoms with van der Waals surface area (Å²) in [6.45, 7) is 9.92. The number of anilines is 1. The number of amides is 2. The number of benzene rings is 1. The largest absolute Gasteiger partial charge is 0.354 e. The molecule has 1 aromatic carbocycles. The Balaban J connectivity index is 2.77. The third-order valence-corrected chi connectivity index (χ3v) is 3.62. The van der Waals surface area contributed by atoms with E-state index < -0.39 is 0 Å². The molecule has 21 heavy (non-hydrogen) atoms. The highest BCUT2D eigenvalue weighted by Gasteiger charge is 2.16. The van der Waals surface area contributed by atoms with Gasteiger partial charge in [-0.25, -0.2) is 0 Å². The van der Waals surface area contributed by atoms with Crippen molar-refractivity contribution in [3.05, 3.63) is 29.3 Å². The van der Waals surface area contributed by atoms with Gasteiger partial charge in [-0.3, -0.25) is 9.59 Å². The van der Waals surface area contributed by atoms with Crippen molar-refractivity contribution >= 4 is 17.5 Å². The van der Waals surface area contributed by atoms with Crippen molar-refractivity contribution in [1.29, 1.82) is 0 Å². The highest BCUT2D eigenvalue weighted by Crippen LogP contribution is 2.22. The minimum Gasteiger partial charge on any atom is -0.354 e. The van der Waals surface area contributed by atoms with E-state index in [1.807, 2.05) is 45.9 Å². The van der Waals surface area contributed by atoms with E-state index in [9.17, 15) is 9.59 Å². The Hall–Kier alpha value is -1.84. The number of hydrogen-bond donors (Lipinski definition) is 1. The van der Waals surface area contributed by atoms with Gasteiger partial charge in [0.1, 0.15) is 0 Å². The Labute approximate surface area is 127 Å². The van der Waals surface area contributed by atoms with Crippen molar-refractivity contribution < 1.29 is 9.59 Å². The van der Waals surface area contributed by atoms with Crippen molar-refractivity contribution in [3.8, 4) is 0 Å². The van der Waals surface area contributed by atoms with E-state index in [4.69, 9.17) is 0 Å². The molecule has 0 saturated carbocycles. The van der Waals surface area contributed by atoms with Gasteiger partial charge >= 0.3 is 0 Å². The zero-order valence-corrected chi connectivity index (χ0v) is 13.7. The number of carbonyl (C=O) groups is 2. The molecule has 116 valence electrons. The molecule has 0 fully saturated rings. The molecule has 0 bridgehead atoms. The number of aryl methyl sites for hydroxylation is 2. The Bertz CT molecular complexity index is 512. The minimum atomic E-state index is -0.0416. The molecule has 1 aromatic rings. The summed E-state index contributed by atoms with van der Waals surface area (Å²) in [6, 6.07) is 6.18. The second-order valence-corrected chi connectivity index (χ2v) is 5.59. The molecular weight excluding hydrogens is 264 g/mol. The standard InChI is InChI=1S/C17H26N2O2/c1-6-14(4)18-17(21)9-10-19(15(5)20)16-11-12(2)7-8-13(16)3/h7-8,11,14H,6,9-10H2,1-5H3,(H,18,21). The summed E-state index contributed by atoms with van der Waals surface area (Å²) in [6.07, 6.45) is 1.22. The molecule has 0 aliphatic heterocycles. The number of nitrogens with zero attached hydrogens (tertiary/aromatic N) is 1. The van der Waals surface area contributed by atoms with Crippen LogP contribution in [-0.4, -0.2) is 24.4 Å². The number of hydrogen-bond acceptors (Lipinski definition) is 2. The first kappa shape index (κ1) is 17.2. The summed E-state index contributed by atoms with van der Waals surface area (Å²) in [4.78, 5) is 25.4. The van der Waals surface area contributed by atoms with Gasteiger partial charge in [-0.2, -0.15) is 0 Å². The molecule has 0 aliphatic rings. The first-order valence-corrected chi connectivity index (χ1v) is 7.49. The van der Waals surface area contributed by atoms with E-state index in [2.05, 4.69) is 5.32 Å². The molecule has 4 heteroatoms. The molecule has 1 N–H and O–H groups in total. The van der Waals surface area contributed by atoms with Crippen LogP contribution in [0.1, 0.15) is 44.7 Å². The summed E-state index contributed by atoms with van der Waals surface area (Å²) in [7, 11) is 0. The van der Waals surface area contributed by atoms with Gasteiger partial charge in [0.15, 0.2) is 0 Å². The molecule has 0 heterocycles. The lowest BCUT2D eigenvalue weighted by Crippen LogP contribution is -2.37. The van der Waals surface area contributed by atoms with Crippen LogP contribution in [0.5, 0.6) is 0 Å². The monoisotopic (exact) mass is 290 g/mol. The van der Waals surface area contributed by atoms with Gasteiger partial charge in [-0.05, 0) is 44.4 Å². The summed E-state index contributed by atoms with van der Waals surface area (Å²) >= 11 is 0. The van der Waals surface area contributed by atoms with Gasteiger partial charge in [0.05, 0.1) is 0 Å². The highest BCUT2D eigenvalue weighted by molar-refractivity contribution is 5.93. The van der Waals surface area contributed by atoms with Crippen LogP contribution >= 0.6 is 0 Å². The van der Waals surface area contributed by atoms with Crippen LogP contribution < -0.4 is 10.2 Å². The van der Waals surface area contributed by atoms with Crippen molar-refractivity contribution in [3.63, 3.8) is 0 Å². The molecule has 0 saturated heterocycles. The van der Waals surface area contributed by atoms with Crippen molar-refractivity contribution in [2.45, 2.75) is 53.5 Å². The second-order valence-electron chi connectivity index (χ2n) is 5.59. The van der Waals surface area contributed by atoms with Crippen LogP contribution in [-0.2, 0) is 9.59 Å². The molecule has 1 unspecified atom stereocenters. The smallest absolute Gasteiger partial charge is 0.223 e. The Kier molecular flexibility index (Phi) is 6.40. The molecule has 1 atom stereocenters. The van der Waals surface area contributed by atoms with Crippen LogP contribution in [0.25, 0.3) is 0 Å². The van der Waals surface area contributed by atoms with Crippen LogP contribution in [0.4, 0.5) is 5.69 Å². The van der Waals surface area contributed by atoms with Gasteiger partial charge in [0.2, 0.25) is 11.8 Å². The predicted molar refractivity (Wildman–Crippen MR) is 86.5 cm³/mol. The first-order valence-electron chi connectivity index (χ1n) is 7.49. The zero-order valence-electron chi connectivity index (χ0n) is 13.7. The summed E-state index contributed by atoms with van der Waals surface area (Å²) in [5.41, 5.74) is 3.03. The first-order chi connectivity index (χ1) is 9.85. The molecule has 4 nitrogen and oxygen atoms in total. The second kappa shape index (κ2) is 7.81. The lowest BCUT2D eigenvalue weighted by atomic mass is 10.1. The maximum atomic E-state index is 11.9. The molecule has 0 aromatic heterocycles. The SMILES string of the molecule is CCC(C)NC(=O)CCN(C(C)=O)c1cc(C)ccc1C. The molecule has 0 aliphatic carbocycles. The van der Waals surface area contributed by atoms with E-state index in [-0.39, 0.29) is 17.9 Å². The Morgan fingerprint density at radius 1 is 1.29 bits per heavy atom. The molecule has 0 spiro atoms. The number of rotatable bonds is 6. The average Bonchev–Trinajstić information content (AvgIpc) is 2.42. The van der Waals surface area contributed by atoms with Crippen molar-refractivity contribution in [1.82, 2.24) is 5.32 Å². The summed E-state index contributed by atoms with van der Waals surface area (Å²) in [5.74, 6) is -0.0547. The average molecular weight is 290 g/mol. The lowest BCUT2D eigenvalue weighted by Gasteiger charge is -2.23. The highest BCUT2D eigenvalue weighted by atomic mass is 16.2. The van der Waals surface area contributed by atoms with E-state index in [1.54, 1.807) is 4.90 Å². The van der Waals surface area contributed by atoms with Gasteiger partial charge in [0, 0.05) is 31.6 Å². The maximum absolute atomic E-state index is 11.9. The topological polar surface area (TPSA) is 49.4 Å². The van der Waals surface area contributed by atoms with Crippen LogP contribution in [0.3, 0.4) is 0 Å². The van der Waals surface area contributed by atoms with Gasteiger partial charge in [-0.15, -0.1) is 0 Å². The van der Waals surface area contributed by atoms with Crippen molar-refractivity contribution in [2.24, 2.45) is 0 Å². The third kappa shape index (κ3) is 5.21.